The summed E-state index contributed by atoms with van der Waals surface area (Å²) in [7, 11) is 0. The summed E-state index contributed by atoms with van der Waals surface area (Å²) in [4.78, 5) is 13.7. The van der Waals surface area contributed by atoms with Crippen molar-refractivity contribution in [3.63, 3.8) is 0 Å². The Labute approximate surface area is 98.8 Å². The highest BCUT2D eigenvalue weighted by molar-refractivity contribution is 5.97. The van der Waals surface area contributed by atoms with Gasteiger partial charge >= 0.3 is 0 Å². The Morgan fingerprint density at radius 2 is 2.35 bits per heavy atom. The van der Waals surface area contributed by atoms with E-state index in [0.29, 0.717) is 13.1 Å². The van der Waals surface area contributed by atoms with Gasteiger partial charge in [0.2, 0.25) is 0 Å². The minimum Gasteiger partial charge on any atom is -0.507 e. The summed E-state index contributed by atoms with van der Waals surface area (Å²) in [6, 6.07) is 3.79. The second-order valence-corrected chi connectivity index (χ2v) is 4.16. The van der Waals surface area contributed by atoms with Gasteiger partial charge in [-0.05, 0) is 25.0 Å². The fourth-order valence-electron chi connectivity index (χ4n) is 2.22. The van der Waals surface area contributed by atoms with Crippen LogP contribution in [0.1, 0.15) is 23.2 Å². The molecule has 1 saturated heterocycles. The highest BCUT2D eigenvalue weighted by Gasteiger charge is 2.31. The lowest BCUT2D eigenvalue weighted by Gasteiger charge is -2.23. The van der Waals surface area contributed by atoms with Crippen molar-refractivity contribution in [3.05, 3.63) is 29.6 Å². The smallest absolute Gasteiger partial charge is 0.260 e. The van der Waals surface area contributed by atoms with Crippen LogP contribution in [0.4, 0.5) is 4.39 Å². The van der Waals surface area contributed by atoms with Crippen LogP contribution in [0.5, 0.6) is 5.75 Å². The number of aromatic hydroxyl groups is 1. The molecule has 0 aliphatic carbocycles. The molecule has 0 spiro atoms. The Balaban J connectivity index is 2.31. The normalized spacial score (nSPS) is 19.6. The van der Waals surface area contributed by atoms with E-state index in [1.165, 1.54) is 23.1 Å². The van der Waals surface area contributed by atoms with Gasteiger partial charge < -0.3 is 15.7 Å². The summed E-state index contributed by atoms with van der Waals surface area (Å²) in [5.41, 5.74) is 5.31. The average Bonchev–Trinajstić information content (AvgIpc) is 2.76. The lowest BCUT2D eigenvalue weighted by atomic mass is 10.1. The van der Waals surface area contributed by atoms with E-state index in [-0.39, 0.29) is 17.4 Å². The van der Waals surface area contributed by atoms with Crippen LogP contribution < -0.4 is 5.73 Å². The largest absolute Gasteiger partial charge is 0.507 e. The molecule has 0 bridgehead atoms. The maximum Gasteiger partial charge on any atom is 0.260 e. The van der Waals surface area contributed by atoms with Crippen LogP contribution in [0.25, 0.3) is 0 Å². The monoisotopic (exact) mass is 238 g/mol. The zero-order valence-corrected chi connectivity index (χ0v) is 9.40. The van der Waals surface area contributed by atoms with Crippen LogP contribution in [0.15, 0.2) is 18.2 Å². The zero-order valence-electron chi connectivity index (χ0n) is 9.40. The number of carbonyl (C=O) groups excluding carboxylic acids is 1. The quantitative estimate of drug-likeness (QED) is 0.810. The second kappa shape index (κ2) is 4.71. The minimum absolute atomic E-state index is 0.0542. The summed E-state index contributed by atoms with van der Waals surface area (Å²) in [5, 5.41) is 9.56. The van der Waals surface area contributed by atoms with Crippen LogP contribution in [0, 0.1) is 5.82 Å². The Kier molecular flexibility index (Phi) is 3.28. The molecule has 0 radical (unpaired) electrons. The zero-order chi connectivity index (χ0) is 12.4. The Morgan fingerprint density at radius 1 is 1.59 bits per heavy atom. The number of nitrogens with two attached hydrogens (primary N) is 1. The van der Waals surface area contributed by atoms with Crippen molar-refractivity contribution >= 4 is 5.91 Å². The highest BCUT2D eigenvalue weighted by Crippen LogP contribution is 2.25. The molecule has 3 N–H and O–H groups in total. The third-order valence-electron chi connectivity index (χ3n) is 3.12. The standard InChI is InChI=1S/C12H15FN2O2/c13-9-4-1-5-10(16)11(9)12(17)15-6-2-3-8(15)7-14/h1,4-5,8,16H,2-3,6-7,14H2. The number of hydrogen-bond donors (Lipinski definition) is 2. The summed E-state index contributed by atoms with van der Waals surface area (Å²) in [5.74, 6) is -1.50. The van der Waals surface area contributed by atoms with E-state index < -0.39 is 11.7 Å². The van der Waals surface area contributed by atoms with Crippen LogP contribution in [0.3, 0.4) is 0 Å². The molecule has 17 heavy (non-hydrogen) atoms. The Hall–Kier alpha value is -1.62. The van der Waals surface area contributed by atoms with Gasteiger partial charge in [0.05, 0.1) is 0 Å². The van der Waals surface area contributed by atoms with Crippen LogP contribution in [0.2, 0.25) is 0 Å². The van der Waals surface area contributed by atoms with Gasteiger partial charge in [0.1, 0.15) is 17.1 Å². The molecule has 1 aliphatic heterocycles. The first-order valence-corrected chi connectivity index (χ1v) is 5.63. The molecule has 1 aromatic carbocycles. The highest BCUT2D eigenvalue weighted by atomic mass is 19.1. The second-order valence-electron chi connectivity index (χ2n) is 4.16. The number of likely N-dealkylation sites (tertiary alicyclic amines) is 1. The summed E-state index contributed by atoms with van der Waals surface area (Å²) < 4.78 is 13.5. The van der Waals surface area contributed by atoms with Crippen LogP contribution in [-0.4, -0.2) is 35.0 Å². The maximum absolute atomic E-state index is 13.5. The number of nitrogens with zero attached hydrogens (tertiary/aromatic N) is 1. The van der Waals surface area contributed by atoms with Crippen molar-refractivity contribution in [2.24, 2.45) is 5.73 Å². The molecule has 1 aliphatic rings. The minimum atomic E-state index is -0.697. The van der Waals surface area contributed by atoms with E-state index in [2.05, 4.69) is 0 Å². The number of phenolic OH excluding ortho intramolecular Hbond substituents is 1. The van der Waals surface area contributed by atoms with E-state index in [9.17, 15) is 14.3 Å². The number of amides is 1. The lowest BCUT2D eigenvalue weighted by Crippen LogP contribution is -2.40. The molecule has 5 heteroatoms. The number of carbonyl (C=O) groups is 1. The van der Waals surface area contributed by atoms with E-state index in [1.54, 1.807) is 0 Å². The van der Waals surface area contributed by atoms with E-state index in [4.69, 9.17) is 5.73 Å². The van der Waals surface area contributed by atoms with Crippen molar-refractivity contribution in [2.45, 2.75) is 18.9 Å². The molecule has 92 valence electrons. The number of benzene rings is 1. The summed E-state index contributed by atoms with van der Waals surface area (Å²) in [6.45, 7) is 0.926. The number of halogens is 1. The van der Waals surface area contributed by atoms with E-state index >= 15 is 0 Å². The van der Waals surface area contributed by atoms with Crippen LogP contribution in [-0.2, 0) is 0 Å². The molecule has 0 saturated carbocycles. The lowest BCUT2D eigenvalue weighted by molar-refractivity contribution is 0.0733. The van der Waals surface area contributed by atoms with Crippen molar-refractivity contribution in [3.8, 4) is 5.75 Å². The molecule has 2 rings (SSSR count). The van der Waals surface area contributed by atoms with Gasteiger partial charge in [-0.25, -0.2) is 4.39 Å². The molecule has 1 aromatic rings. The van der Waals surface area contributed by atoms with Gasteiger partial charge in [-0.3, -0.25) is 4.79 Å². The van der Waals surface area contributed by atoms with Crippen molar-refractivity contribution in [1.82, 2.24) is 4.90 Å². The van der Waals surface area contributed by atoms with Gasteiger partial charge in [0.15, 0.2) is 0 Å². The van der Waals surface area contributed by atoms with Gasteiger partial charge in [0.25, 0.3) is 5.91 Å². The van der Waals surface area contributed by atoms with Gasteiger partial charge in [0, 0.05) is 19.1 Å². The summed E-state index contributed by atoms with van der Waals surface area (Å²) >= 11 is 0. The summed E-state index contributed by atoms with van der Waals surface area (Å²) in [6.07, 6.45) is 1.69. The first-order chi connectivity index (χ1) is 8.15. The maximum atomic E-state index is 13.5. The van der Waals surface area contributed by atoms with E-state index in [0.717, 1.165) is 12.8 Å². The third kappa shape index (κ3) is 2.10. The number of rotatable bonds is 2. The molecule has 1 atom stereocenters. The van der Waals surface area contributed by atoms with Crippen molar-refractivity contribution in [1.29, 1.82) is 0 Å². The van der Waals surface area contributed by atoms with Gasteiger partial charge in [-0.2, -0.15) is 0 Å². The number of phenols is 1. The predicted molar refractivity (Wildman–Crippen MR) is 61.2 cm³/mol. The fraction of sp³-hybridized carbons (Fsp3) is 0.417. The predicted octanol–water partition coefficient (Wildman–Crippen LogP) is 1.09. The Bertz CT molecular complexity index is 416. The molecule has 0 aromatic heterocycles. The third-order valence-corrected chi connectivity index (χ3v) is 3.12. The van der Waals surface area contributed by atoms with E-state index in [1.807, 2.05) is 0 Å². The molecule has 4 nitrogen and oxygen atoms in total. The molecule has 1 heterocycles. The topological polar surface area (TPSA) is 66.6 Å². The van der Waals surface area contributed by atoms with Gasteiger partial charge in [-0.1, -0.05) is 6.07 Å². The van der Waals surface area contributed by atoms with Crippen LogP contribution >= 0.6 is 0 Å². The van der Waals surface area contributed by atoms with Gasteiger partial charge in [-0.15, -0.1) is 0 Å². The molecular weight excluding hydrogens is 223 g/mol. The molecule has 1 amide bonds. The fourth-order valence-corrected chi connectivity index (χ4v) is 2.22. The average molecular weight is 238 g/mol. The molecule has 1 unspecified atom stereocenters. The molecular formula is C12H15FN2O2. The first kappa shape index (κ1) is 11.9. The van der Waals surface area contributed by atoms with Crippen molar-refractivity contribution < 1.29 is 14.3 Å². The Morgan fingerprint density at radius 3 is 3.00 bits per heavy atom. The van der Waals surface area contributed by atoms with Crippen molar-refractivity contribution in [2.75, 3.05) is 13.1 Å². The first-order valence-electron chi connectivity index (χ1n) is 5.63. The number of hydrogen-bond acceptors (Lipinski definition) is 3. The molecule has 1 fully saturated rings. The SMILES string of the molecule is NCC1CCCN1C(=O)c1c(O)cccc1F.